The first-order valence-electron chi connectivity index (χ1n) is 16.4. The Hall–Kier alpha value is -3.58. The summed E-state index contributed by atoms with van der Waals surface area (Å²) in [6, 6.07) is 15.5. The number of aryl methyl sites for hydroxylation is 1. The van der Waals surface area contributed by atoms with Crippen molar-refractivity contribution in [2.24, 2.45) is 5.92 Å². The minimum absolute atomic E-state index is 0.121. The molecule has 2 aliphatic heterocycles. The number of hydrogen-bond acceptors (Lipinski definition) is 8. The maximum absolute atomic E-state index is 14.4. The van der Waals surface area contributed by atoms with E-state index in [1.807, 2.05) is 43.3 Å². The molecule has 2 saturated heterocycles. The predicted molar refractivity (Wildman–Crippen MR) is 190 cm³/mol. The van der Waals surface area contributed by atoms with Crippen LogP contribution in [0.1, 0.15) is 49.3 Å². The predicted octanol–water partition coefficient (Wildman–Crippen LogP) is 4.50. The lowest BCUT2D eigenvalue weighted by Crippen LogP contribution is -2.40. The van der Waals surface area contributed by atoms with Crippen molar-refractivity contribution in [3.8, 4) is 11.1 Å². The van der Waals surface area contributed by atoms with Crippen LogP contribution in [0.3, 0.4) is 0 Å². The number of anilines is 2. The van der Waals surface area contributed by atoms with E-state index in [1.165, 1.54) is 22.5 Å². The van der Waals surface area contributed by atoms with Gasteiger partial charge in [0.2, 0.25) is 16.0 Å². The second-order valence-electron chi connectivity index (χ2n) is 13.4. The third kappa shape index (κ3) is 6.61. The van der Waals surface area contributed by atoms with Crippen molar-refractivity contribution in [1.29, 1.82) is 0 Å². The normalized spacial score (nSPS) is 20.8. The summed E-state index contributed by atoms with van der Waals surface area (Å²) in [6.45, 7) is 4.73. The van der Waals surface area contributed by atoms with Crippen molar-refractivity contribution >= 4 is 48.1 Å². The highest BCUT2D eigenvalue weighted by Crippen LogP contribution is 2.36. The van der Waals surface area contributed by atoms with Gasteiger partial charge in [0.25, 0.3) is 5.56 Å². The van der Waals surface area contributed by atoms with Gasteiger partial charge in [0.1, 0.15) is 5.65 Å². The third-order valence-corrected chi connectivity index (χ3v) is 13.8. The van der Waals surface area contributed by atoms with Crippen molar-refractivity contribution in [2.45, 2.75) is 61.6 Å². The van der Waals surface area contributed by atoms with Crippen molar-refractivity contribution in [1.82, 2.24) is 24.2 Å². The Labute approximate surface area is 276 Å². The maximum Gasteiger partial charge on any atom is 0.260 e. The van der Waals surface area contributed by atoms with Gasteiger partial charge in [-0.2, -0.15) is 4.98 Å². The largest absolute Gasteiger partial charge is 0.324 e. The molecule has 4 heterocycles. The van der Waals surface area contributed by atoms with Gasteiger partial charge >= 0.3 is 0 Å². The summed E-state index contributed by atoms with van der Waals surface area (Å²) in [5.74, 6) is 5.10. The zero-order valence-corrected chi connectivity index (χ0v) is 28.6. The molecule has 2 aromatic carbocycles. The van der Waals surface area contributed by atoms with Crippen LogP contribution in [0, 0.1) is 12.8 Å². The fraction of sp³-hybridized carbons (Fsp3) is 0.429. The van der Waals surface area contributed by atoms with Crippen molar-refractivity contribution in [3.05, 3.63) is 76.2 Å². The first kappa shape index (κ1) is 32.0. The Morgan fingerprint density at radius 2 is 1.72 bits per heavy atom. The van der Waals surface area contributed by atoms with Gasteiger partial charge in [-0.1, -0.05) is 18.2 Å². The molecule has 248 valence electrons. The van der Waals surface area contributed by atoms with Gasteiger partial charge < -0.3 is 10.6 Å². The number of fused-ring (bicyclic) bond motifs is 1. The molecule has 47 heavy (non-hydrogen) atoms. The minimum Gasteiger partial charge on any atom is -0.324 e. The number of pyridine rings is 1. The van der Waals surface area contributed by atoms with E-state index in [4.69, 9.17) is 4.98 Å². The summed E-state index contributed by atoms with van der Waals surface area (Å²) >= 11 is 0. The molecule has 0 amide bonds. The fourth-order valence-corrected chi connectivity index (χ4v) is 9.85. The van der Waals surface area contributed by atoms with Crippen LogP contribution in [-0.4, -0.2) is 75.0 Å². The number of nitrogens with one attached hydrogen (secondary N) is 2. The van der Waals surface area contributed by atoms with Crippen LogP contribution in [0.5, 0.6) is 0 Å². The molecule has 3 fully saturated rings. The Bertz CT molecular complexity index is 2090. The lowest BCUT2D eigenvalue weighted by Gasteiger charge is -2.32. The zero-order chi connectivity index (χ0) is 32.9. The van der Waals surface area contributed by atoms with E-state index in [0.29, 0.717) is 54.4 Å². The molecule has 2 N–H and O–H groups in total. The summed E-state index contributed by atoms with van der Waals surface area (Å²) in [5.41, 5.74) is 4.56. The molecule has 3 aliphatic rings. The van der Waals surface area contributed by atoms with Gasteiger partial charge in [0, 0.05) is 52.1 Å². The lowest BCUT2D eigenvalue weighted by molar-refractivity contribution is 0.275. The van der Waals surface area contributed by atoms with Crippen LogP contribution in [0.15, 0.2) is 64.4 Å². The molecule has 1 aliphatic carbocycles. The molecule has 2 aromatic heterocycles. The van der Waals surface area contributed by atoms with Crippen LogP contribution in [0.25, 0.3) is 22.2 Å². The lowest BCUT2D eigenvalue weighted by atomic mass is 9.98. The van der Waals surface area contributed by atoms with Gasteiger partial charge in [-0.05, 0) is 127 Å². The van der Waals surface area contributed by atoms with Gasteiger partial charge in [0.05, 0.1) is 6.26 Å². The zero-order valence-electron chi connectivity index (χ0n) is 26.9. The summed E-state index contributed by atoms with van der Waals surface area (Å²) in [4.78, 5) is 24.6. The molecule has 2 atom stereocenters. The molecule has 1 saturated carbocycles. The highest BCUT2D eigenvalue weighted by Gasteiger charge is 2.32. The molecule has 0 radical (unpaired) electrons. The van der Waals surface area contributed by atoms with E-state index in [-0.39, 0.29) is 16.9 Å². The maximum atomic E-state index is 14.4. The first-order chi connectivity index (χ1) is 22.5. The number of hydrogen-bond donors (Lipinski definition) is 2. The van der Waals surface area contributed by atoms with Crippen molar-refractivity contribution in [3.63, 3.8) is 0 Å². The van der Waals surface area contributed by atoms with E-state index < -0.39 is 19.5 Å². The van der Waals surface area contributed by atoms with E-state index in [9.17, 15) is 17.4 Å². The van der Waals surface area contributed by atoms with Gasteiger partial charge in [-0.3, -0.25) is 13.6 Å². The number of piperidine rings is 1. The summed E-state index contributed by atoms with van der Waals surface area (Å²) in [5, 5.41) is 7.57. The van der Waals surface area contributed by atoms with E-state index in [0.717, 1.165) is 54.1 Å². The smallest absolute Gasteiger partial charge is 0.260 e. The van der Waals surface area contributed by atoms with Crippen LogP contribution < -0.4 is 16.2 Å². The monoisotopic (exact) mass is 674 g/mol. The minimum atomic E-state index is -3.33. The Morgan fingerprint density at radius 3 is 2.36 bits per heavy atom. The molecular formula is C35H42N6O4S2. The van der Waals surface area contributed by atoms with Crippen LogP contribution in [0.2, 0.25) is 0 Å². The van der Waals surface area contributed by atoms with Crippen molar-refractivity contribution < 1.29 is 12.6 Å². The number of aromatic nitrogens is 3. The third-order valence-electron chi connectivity index (χ3n) is 9.88. The number of benzene rings is 2. The number of rotatable bonds is 9. The summed E-state index contributed by atoms with van der Waals surface area (Å²) in [6.07, 6.45) is 8.02. The van der Waals surface area contributed by atoms with Gasteiger partial charge in [-0.15, -0.1) is 0 Å². The highest BCUT2D eigenvalue weighted by atomic mass is 32.2. The number of sulfonamides is 1. The Morgan fingerprint density at radius 1 is 0.979 bits per heavy atom. The van der Waals surface area contributed by atoms with E-state index in [1.54, 1.807) is 10.8 Å². The van der Waals surface area contributed by atoms with Crippen LogP contribution in [-0.2, 0) is 26.0 Å². The van der Waals surface area contributed by atoms with Crippen LogP contribution in [0.4, 0.5) is 11.6 Å². The topological polar surface area (TPSA) is 126 Å². The SMILES string of the molecule is C=S(=O)(c1ccc(-c2cc3cnc(Nc4ccc(CC5CCNC5)cc4)nc3n(C3CCN(S(C)(=O)=O)CC3)c2=O)c(C)c1)C1CC1. The Kier molecular flexibility index (Phi) is 8.48. The average molecular weight is 675 g/mol. The second kappa shape index (κ2) is 12.5. The van der Waals surface area contributed by atoms with E-state index >= 15 is 0 Å². The highest BCUT2D eigenvalue weighted by molar-refractivity contribution is 8.01. The molecule has 10 nitrogen and oxygen atoms in total. The first-order valence-corrected chi connectivity index (χ1v) is 20.0. The molecule has 0 bridgehead atoms. The molecule has 0 spiro atoms. The standard InChI is InChI=1S/C35H42N6O4S2/c1-23-18-30(46(2,43)29-8-9-29)10-11-31(23)32-20-26-22-37-35(38-27-6-4-24(5-7-27)19-25-12-15-36-21-25)39-33(26)41(34(32)42)28-13-16-40(17-14-28)47(3,44)45/h4-7,10-11,18,20,22,25,28-29,36H,2,8-9,12-17,19,21H2,1,3H3,(H,37,38,39). The molecule has 4 aromatic rings. The fourth-order valence-electron chi connectivity index (χ4n) is 7.01. The van der Waals surface area contributed by atoms with Gasteiger partial charge in [-0.25, -0.2) is 17.7 Å². The molecular weight excluding hydrogens is 633 g/mol. The number of nitrogens with zero attached hydrogens (tertiary/aromatic N) is 4. The van der Waals surface area contributed by atoms with E-state index in [2.05, 4.69) is 33.6 Å². The summed E-state index contributed by atoms with van der Waals surface area (Å²) < 4.78 is 41.1. The molecule has 2 unspecified atom stereocenters. The van der Waals surface area contributed by atoms with Crippen LogP contribution >= 0.6 is 0 Å². The summed E-state index contributed by atoms with van der Waals surface area (Å²) in [7, 11) is -5.71. The van der Waals surface area contributed by atoms with Gasteiger partial charge in [0.15, 0.2) is 0 Å². The average Bonchev–Trinajstić information content (AvgIpc) is 3.79. The molecule has 7 rings (SSSR count). The molecule has 12 heteroatoms. The van der Waals surface area contributed by atoms with Crippen molar-refractivity contribution in [2.75, 3.05) is 37.8 Å². The Balaban J connectivity index is 1.25. The quantitative estimate of drug-likeness (QED) is 0.249. The second-order valence-corrected chi connectivity index (χ2v) is 18.0.